The van der Waals surface area contributed by atoms with E-state index in [1.165, 1.54) is 0 Å². The molecule has 0 aliphatic heterocycles. The first-order valence-corrected chi connectivity index (χ1v) is 7.83. The highest BCUT2D eigenvalue weighted by molar-refractivity contribution is 9.08. The minimum absolute atomic E-state index is 0.380. The van der Waals surface area contributed by atoms with E-state index in [0.717, 1.165) is 22.2 Å². The lowest BCUT2D eigenvalue weighted by Gasteiger charge is -2.14. The van der Waals surface area contributed by atoms with Crippen LogP contribution >= 0.6 is 15.9 Å². The Morgan fingerprint density at radius 2 is 2.00 bits per heavy atom. The average molecular weight is 352 g/mol. The molecule has 2 aromatic rings. The number of pyridine rings is 1. The van der Waals surface area contributed by atoms with E-state index >= 15 is 0 Å². The molecule has 0 saturated heterocycles. The molecular weight excluding hydrogens is 334 g/mol. The number of methoxy groups -OCH3 is 1. The van der Waals surface area contributed by atoms with Crippen LogP contribution in [0.3, 0.4) is 0 Å². The van der Waals surface area contributed by atoms with Gasteiger partial charge in [-0.05, 0) is 36.8 Å². The Morgan fingerprint density at radius 1 is 1.14 bits per heavy atom. The standard InChI is InChI=1S/C16H18BrNO3/c1-3-20-15-9-12(10-17)6-7-14(15)21-11-13-5-4-8-18-16(13)19-2/h4-9H,3,10-11H2,1-2H3. The van der Waals surface area contributed by atoms with E-state index in [0.29, 0.717) is 24.8 Å². The van der Waals surface area contributed by atoms with E-state index < -0.39 is 0 Å². The molecular formula is C16H18BrNO3. The SMILES string of the molecule is CCOc1cc(CBr)ccc1OCc1cccnc1OC. The molecule has 4 nitrogen and oxygen atoms in total. The van der Waals surface area contributed by atoms with Crippen molar-refractivity contribution in [2.45, 2.75) is 18.9 Å². The maximum atomic E-state index is 5.86. The molecule has 0 aliphatic rings. The molecule has 0 atom stereocenters. The zero-order valence-electron chi connectivity index (χ0n) is 12.1. The van der Waals surface area contributed by atoms with E-state index in [1.54, 1.807) is 13.3 Å². The van der Waals surface area contributed by atoms with Gasteiger partial charge in [-0.1, -0.05) is 22.0 Å². The van der Waals surface area contributed by atoms with Crippen LogP contribution in [0.5, 0.6) is 17.4 Å². The summed E-state index contributed by atoms with van der Waals surface area (Å²) >= 11 is 3.44. The number of nitrogens with zero attached hydrogens (tertiary/aromatic N) is 1. The van der Waals surface area contributed by atoms with Crippen molar-refractivity contribution in [3.63, 3.8) is 0 Å². The summed E-state index contributed by atoms with van der Waals surface area (Å²) in [6.07, 6.45) is 1.69. The largest absolute Gasteiger partial charge is 0.490 e. The summed E-state index contributed by atoms with van der Waals surface area (Å²) in [5, 5.41) is 0.782. The lowest BCUT2D eigenvalue weighted by atomic mass is 10.2. The van der Waals surface area contributed by atoms with E-state index in [1.807, 2.05) is 37.3 Å². The van der Waals surface area contributed by atoms with Gasteiger partial charge in [-0.25, -0.2) is 4.98 Å². The van der Waals surface area contributed by atoms with Gasteiger partial charge in [0.2, 0.25) is 5.88 Å². The van der Waals surface area contributed by atoms with Gasteiger partial charge in [0.05, 0.1) is 19.3 Å². The number of benzene rings is 1. The van der Waals surface area contributed by atoms with Crippen LogP contribution in [0.1, 0.15) is 18.1 Å². The third kappa shape index (κ3) is 4.11. The molecule has 0 aliphatic carbocycles. The molecule has 2 rings (SSSR count). The second-order valence-electron chi connectivity index (χ2n) is 4.31. The summed E-state index contributed by atoms with van der Waals surface area (Å²) in [6.45, 7) is 2.93. The van der Waals surface area contributed by atoms with Crippen LogP contribution in [0.25, 0.3) is 0 Å². The fraction of sp³-hybridized carbons (Fsp3) is 0.312. The molecule has 0 unspecified atom stereocenters. The molecule has 0 spiro atoms. The second kappa shape index (κ2) is 7.88. The fourth-order valence-corrected chi connectivity index (χ4v) is 2.25. The Hall–Kier alpha value is -1.75. The Kier molecular flexibility index (Phi) is 5.87. The van der Waals surface area contributed by atoms with Crippen LogP contribution in [0, 0.1) is 0 Å². The fourth-order valence-electron chi connectivity index (χ4n) is 1.90. The zero-order chi connectivity index (χ0) is 15.1. The average Bonchev–Trinajstić information content (AvgIpc) is 2.54. The van der Waals surface area contributed by atoms with Gasteiger partial charge in [-0.3, -0.25) is 0 Å². The number of alkyl halides is 1. The van der Waals surface area contributed by atoms with Gasteiger partial charge >= 0.3 is 0 Å². The number of halogens is 1. The molecule has 112 valence electrons. The van der Waals surface area contributed by atoms with Gasteiger partial charge in [-0.2, -0.15) is 0 Å². The lowest BCUT2D eigenvalue weighted by Crippen LogP contribution is -2.02. The van der Waals surface area contributed by atoms with Crippen molar-refractivity contribution in [3.8, 4) is 17.4 Å². The number of hydrogen-bond acceptors (Lipinski definition) is 4. The highest BCUT2D eigenvalue weighted by Crippen LogP contribution is 2.30. The Bertz CT molecular complexity index is 589. The van der Waals surface area contributed by atoms with Crippen LogP contribution in [0.2, 0.25) is 0 Å². The molecule has 0 saturated carbocycles. The lowest BCUT2D eigenvalue weighted by molar-refractivity contribution is 0.263. The van der Waals surface area contributed by atoms with Crippen molar-refractivity contribution in [1.29, 1.82) is 0 Å². The van der Waals surface area contributed by atoms with Gasteiger partial charge in [-0.15, -0.1) is 0 Å². The molecule has 0 radical (unpaired) electrons. The molecule has 0 fully saturated rings. The number of aromatic nitrogens is 1. The highest BCUT2D eigenvalue weighted by atomic mass is 79.9. The second-order valence-corrected chi connectivity index (χ2v) is 4.87. The topological polar surface area (TPSA) is 40.6 Å². The third-order valence-electron chi connectivity index (χ3n) is 2.89. The summed E-state index contributed by atoms with van der Waals surface area (Å²) in [7, 11) is 1.60. The minimum Gasteiger partial charge on any atom is -0.490 e. The van der Waals surface area contributed by atoms with Gasteiger partial charge < -0.3 is 14.2 Å². The predicted octanol–water partition coefficient (Wildman–Crippen LogP) is 3.96. The molecule has 0 N–H and O–H groups in total. The molecule has 5 heteroatoms. The molecule has 1 aromatic carbocycles. The summed E-state index contributed by atoms with van der Waals surface area (Å²) in [4.78, 5) is 4.16. The number of rotatable bonds is 7. The van der Waals surface area contributed by atoms with Crippen molar-refractivity contribution >= 4 is 15.9 Å². The van der Waals surface area contributed by atoms with Crippen LogP contribution < -0.4 is 14.2 Å². The molecule has 21 heavy (non-hydrogen) atoms. The number of ether oxygens (including phenoxy) is 3. The van der Waals surface area contributed by atoms with Crippen molar-refractivity contribution in [1.82, 2.24) is 4.98 Å². The maximum Gasteiger partial charge on any atom is 0.219 e. The maximum absolute atomic E-state index is 5.86. The van der Waals surface area contributed by atoms with Gasteiger partial charge in [0.15, 0.2) is 11.5 Å². The molecule has 0 amide bonds. The summed E-state index contributed by atoms with van der Waals surface area (Å²) in [5.41, 5.74) is 2.04. The summed E-state index contributed by atoms with van der Waals surface area (Å²) in [5.74, 6) is 2.04. The van der Waals surface area contributed by atoms with Crippen LogP contribution in [0.4, 0.5) is 0 Å². The first kappa shape index (κ1) is 15.6. The van der Waals surface area contributed by atoms with Crippen molar-refractivity contribution in [2.24, 2.45) is 0 Å². The molecule has 1 heterocycles. The van der Waals surface area contributed by atoms with E-state index in [9.17, 15) is 0 Å². The molecule has 0 bridgehead atoms. The van der Waals surface area contributed by atoms with Gasteiger partial charge in [0.25, 0.3) is 0 Å². The zero-order valence-corrected chi connectivity index (χ0v) is 13.7. The summed E-state index contributed by atoms with van der Waals surface area (Å²) in [6, 6.07) is 9.70. The summed E-state index contributed by atoms with van der Waals surface area (Å²) < 4.78 is 16.7. The normalized spacial score (nSPS) is 10.2. The highest BCUT2D eigenvalue weighted by Gasteiger charge is 2.09. The predicted molar refractivity (Wildman–Crippen MR) is 85.4 cm³/mol. The Balaban J connectivity index is 2.15. The smallest absolute Gasteiger partial charge is 0.219 e. The Labute approximate surface area is 133 Å². The monoisotopic (exact) mass is 351 g/mol. The van der Waals surface area contributed by atoms with Gasteiger partial charge in [0, 0.05) is 11.5 Å². The third-order valence-corrected chi connectivity index (χ3v) is 3.54. The van der Waals surface area contributed by atoms with Crippen molar-refractivity contribution in [3.05, 3.63) is 47.7 Å². The van der Waals surface area contributed by atoms with Crippen molar-refractivity contribution in [2.75, 3.05) is 13.7 Å². The first-order valence-electron chi connectivity index (χ1n) is 6.70. The van der Waals surface area contributed by atoms with E-state index in [4.69, 9.17) is 14.2 Å². The quantitative estimate of drug-likeness (QED) is 0.708. The van der Waals surface area contributed by atoms with Crippen molar-refractivity contribution < 1.29 is 14.2 Å². The molecule has 1 aromatic heterocycles. The Morgan fingerprint density at radius 3 is 2.71 bits per heavy atom. The van der Waals surface area contributed by atoms with Crippen LogP contribution in [-0.4, -0.2) is 18.7 Å². The van der Waals surface area contributed by atoms with Crippen LogP contribution in [-0.2, 0) is 11.9 Å². The minimum atomic E-state index is 0.380. The van der Waals surface area contributed by atoms with E-state index in [-0.39, 0.29) is 0 Å². The first-order chi connectivity index (χ1) is 10.3. The van der Waals surface area contributed by atoms with E-state index in [2.05, 4.69) is 20.9 Å². The van der Waals surface area contributed by atoms with Gasteiger partial charge in [0.1, 0.15) is 6.61 Å². The number of hydrogen-bond donors (Lipinski definition) is 0. The van der Waals surface area contributed by atoms with Crippen LogP contribution in [0.15, 0.2) is 36.5 Å².